The van der Waals surface area contributed by atoms with Crippen LogP contribution in [0.4, 0.5) is 10.3 Å². The van der Waals surface area contributed by atoms with Gasteiger partial charge >= 0.3 is 0 Å². The molecule has 1 aromatic rings. The first-order valence-corrected chi connectivity index (χ1v) is 11.9. The van der Waals surface area contributed by atoms with Gasteiger partial charge in [-0.1, -0.05) is 24.2 Å². The molecule has 4 heterocycles. The van der Waals surface area contributed by atoms with Crippen molar-refractivity contribution >= 4 is 33.4 Å². The second kappa shape index (κ2) is 9.84. The van der Waals surface area contributed by atoms with Crippen LogP contribution in [-0.2, 0) is 9.59 Å². The third-order valence-electron chi connectivity index (χ3n) is 6.16. The number of carbonyl (C=O) groups is 2. The summed E-state index contributed by atoms with van der Waals surface area (Å²) in [5, 5.41) is 13.1. The molecule has 9 heteroatoms. The summed E-state index contributed by atoms with van der Waals surface area (Å²) in [7, 11) is 0. The molecule has 29 heavy (non-hydrogen) atoms. The Morgan fingerprint density at radius 3 is 2.55 bits per heavy atom. The van der Waals surface area contributed by atoms with E-state index < -0.39 is 0 Å². The van der Waals surface area contributed by atoms with Crippen molar-refractivity contribution in [3.8, 4) is 0 Å². The van der Waals surface area contributed by atoms with E-state index in [4.69, 9.17) is 0 Å². The number of nitrogens with one attached hydrogen (secondary N) is 1. The number of aromatic nitrogens is 2. The number of likely N-dealkylation sites (tertiary alicyclic amines) is 1. The molecule has 1 atom stereocenters. The van der Waals surface area contributed by atoms with Gasteiger partial charge in [0.2, 0.25) is 22.1 Å². The van der Waals surface area contributed by atoms with Crippen molar-refractivity contribution in [2.45, 2.75) is 63.8 Å². The van der Waals surface area contributed by atoms with Crippen molar-refractivity contribution in [3.63, 3.8) is 0 Å². The van der Waals surface area contributed by atoms with E-state index in [-0.39, 0.29) is 17.9 Å². The number of nitrogens with zero attached hydrogens (tertiary/aromatic N) is 5. The second-order valence-corrected chi connectivity index (χ2v) is 9.20. The van der Waals surface area contributed by atoms with Crippen molar-refractivity contribution in [2.24, 2.45) is 0 Å². The molecule has 3 aliphatic rings. The first-order valence-electron chi connectivity index (χ1n) is 11.1. The highest BCUT2D eigenvalue weighted by molar-refractivity contribution is 7.19. The number of anilines is 2. The van der Waals surface area contributed by atoms with E-state index in [0.29, 0.717) is 18.1 Å². The van der Waals surface area contributed by atoms with Gasteiger partial charge in [0.25, 0.3) is 0 Å². The molecule has 0 radical (unpaired) electrons. The Morgan fingerprint density at radius 2 is 1.79 bits per heavy atom. The highest BCUT2D eigenvalue weighted by Crippen LogP contribution is 2.33. The summed E-state index contributed by atoms with van der Waals surface area (Å²) < 4.78 is 0. The summed E-state index contributed by atoms with van der Waals surface area (Å²) in [5.74, 6) is 0.209. The van der Waals surface area contributed by atoms with Gasteiger partial charge < -0.3 is 15.1 Å². The van der Waals surface area contributed by atoms with Crippen LogP contribution >= 0.6 is 11.3 Å². The zero-order valence-electron chi connectivity index (χ0n) is 17.1. The summed E-state index contributed by atoms with van der Waals surface area (Å²) in [6.07, 6.45) is 9.58. The SMILES string of the molecule is O=C(NCCCN1CCCCCC1)[C@H]1CCCN1c1nnc(N2CCCC2=O)s1. The third kappa shape index (κ3) is 5.06. The highest BCUT2D eigenvalue weighted by Gasteiger charge is 2.34. The van der Waals surface area contributed by atoms with E-state index in [0.717, 1.165) is 50.4 Å². The van der Waals surface area contributed by atoms with Crippen LogP contribution in [0.1, 0.15) is 57.8 Å². The molecule has 2 amide bonds. The molecule has 0 bridgehead atoms. The molecule has 3 fully saturated rings. The maximum Gasteiger partial charge on any atom is 0.242 e. The number of amides is 2. The summed E-state index contributed by atoms with van der Waals surface area (Å²) in [5.41, 5.74) is 0. The fraction of sp³-hybridized carbons (Fsp3) is 0.800. The monoisotopic (exact) mass is 420 g/mol. The van der Waals surface area contributed by atoms with Gasteiger partial charge in [0.05, 0.1) is 0 Å². The van der Waals surface area contributed by atoms with Gasteiger partial charge in [0, 0.05) is 26.1 Å². The molecular formula is C20H32N6O2S. The van der Waals surface area contributed by atoms with Crippen LogP contribution in [0.2, 0.25) is 0 Å². The number of hydrogen-bond acceptors (Lipinski definition) is 7. The average Bonchev–Trinajstić information content (AvgIpc) is 3.43. The first kappa shape index (κ1) is 20.5. The van der Waals surface area contributed by atoms with Crippen LogP contribution in [0.15, 0.2) is 0 Å². The van der Waals surface area contributed by atoms with E-state index in [9.17, 15) is 9.59 Å². The summed E-state index contributed by atoms with van der Waals surface area (Å²) in [6, 6.07) is -0.178. The maximum absolute atomic E-state index is 12.8. The summed E-state index contributed by atoms with van der Waals surface area (Å²) in [4.78, 5) is 31.0. The smallest absolute Gasteiger partial charge is 0.242 e. The van der Waals surface area contributed by atoms with Gasteiger partial charge in [-0.25, -0.2) is 0 Å². The third-order valence-corrected chi connectivity index (χ3v) is 7.14. The largest absolute Gasteiger partial charge is 0.354 e. The van der Waals surface area contributed by atoms with Crippen molar-refractivity contribution in [2.75, 3.05) is 49.1 Å². The van der Waals surface area contributed by atoms with Gasteiger partial charge in [-0.15, -0.1) is 10.2 Å². The molecule has 1 aromatic heterocycles. The molecule has 160 valence electrons. The quantitative estimate of drug-likeness (QED) is 0.680. The Bertz CT molecular complexity index is 703. The summed E-state index contributed by atoms with van der Waals surface area (Å²) >= 11 is 1.42. The molecule has 0 spiro atoms. The number of hydrogen-bond donors (Lipinski definition) is 1. The Labute approximate surface area is 176 Å². The standard InChI is InChI=1S/C20H32N6O2S/c27-17-9-6-15-26(17)20-23-22-19(29-20)25-14-5-8-16(25)18(28)21-10-7-13-24-11-3-1-2-4-12-24/h16H,1-15H2,(H,21,28)/t16-/m1/s1. The van der Waals surface area contributed by atoms with Crippen LogP contribution in [0.3, 0.4) is 0 Å². The lowest BCUT2D eigenvalue weighted by atomic mass is 10.2. The van der Waals surface area contributed by atoms with Crippen molar-refractivity contribution in [3.05, 3.63) is 0 Å². The predicted molar refractivity (Wildman–Crippen MR) is 114 cm³/mol. The van der Waals surface area contributed by atoms with Gasteiger partial charge in [0.1, 0.15) is 6.04 Å². The molecule has 3 aliphatic heterocycles. The van der Waals surface area contributed by atoms with Crippen molar-refractivity contribution in [1.29, 1.82) is 0 Å². The van der Waals surface area contributed by atoms with Crippen LogP contribution in [-0.4, -0.2) is 72.2 Å². The molecule has 1 N–H and O–H groups in total. The molecule has 0 aliphatic carbocycles. The van der Waals surface area contributed by atoms with Crippen LogP contribution in [0.5, 0.6) is 0 Å². The lowest BCUT2D eigenvalue weighted by Gasteiger charge is -2.23. The van der Waals surface area contributed by atoms with Gasteiger partial charge in [-0.3, -0.25) is 14.5 Å². The molecule has 3 saturated heterocycles. The van der Waals surface area contributed by atoms with Gasteiger partial charge in [-0.05, 0) is 58.2 Å². The Kier molecular flexibility index (Phi) is 6.97. The maximum atomic E-state index is 12.8. The lowest BCUT2D eigenvalue weighted by Crippen LogP contribution is -2.44. The normalized spacial score (nSPS) is 23.6. The Balaban J connectivity index is 1.26. The topological polar surface area (TPSA) is 81.7 Å². The predicted octanol–water partition coefficient (Wildman–Crippen LogP) is 2.02. The van der Waals surface area contributed by atoms with Gasteiger partial charge in [-0.2, -0.15) is 0 Å². The second-order valence-electron chi connectivity index (χ2n) is 8.27. The van der Waals surface area contributed by atoms with Crippen LogP contribution in [0, 0.1) is 0 Å². The van der Waals surface area contributed by atoms with E-state index in [1.807, 2.05) is 0 Å². The zero-order chi connectivity index (χ0) is 20.1. The molecule has 0 aromatic carbocycles. The fourth-order valence-electron chi connectivity index (χ4n) is 4.54. The Morgan fingerprint density at radius 1 is 1.00 bits per heavy atom. The first-order chi connectivity index (χ1) is 14.2. The van der Waals surface area contributed by atoms with Gasteiger partial charge in [0.15, 0.2) is 0 Å². The minimum absolute atomic E-state index is 0.0902. The van der Waals surface area contributed by atoms with E-state index >= 15 is 0 Å². The molecule has 4 rings (SSSR count). The molecule has 0 unspecified atom stereocenters. The van der Waals surface area contributed by atoms with Crippen molar-refractivity contribution < 1.29 is 9.59 Å². The molecule has 0 saturated carbocycles. The molecule has 8 nitrogen and oxygen atoms in total. The zero-order valence-corrected chi connectivity index (χ0v) is 18.0. The van der Waals surface area contributed by atoms with E-state index in [1.165, 1.54) is 50.1 Å². The lowest BCUT2D eigenvalue weighted by molar-refractivity contribution is -0.122. The minimum Gasteiger partial charge on any atom is -0.354 e. The van der Waals surface area contributed by atoms with E-state index in [2.05, 4.69) is 25.3 Å². The summed E-state index contributed by atoms with van der Waals surface area (Å²) in [6.45, 7) is 5.72. The number of carbonyl (C=O) groups excluding carboxylic acids is 2. The fourth-order valence-corrected chi connectivity index (χ4v) is 5.51. The highest BCUT2D eigenvalue weighted by atomic mass is 32.1. The number of rotatable bonds is 7. The van der Waals surface area contributed by atoms with Crippen molar-refractivity contribution in [1.82, 2.24) is 20.4 Å². The molecular weight excluding hydrogens is 388 g/mol. The Hall–Kier alpha value is -1.74. The minimum atomic E-state index is -0.178. The van der Waals surface area contributed by atoms with E-state index in [1.54, 1.807) is 4.90 Å². The average molecular weight is 421 g/mol. The van der Waals surface area contributed by atoms with Crippen LogP contribution in [0.25, 0.3) is 0 Å². The van der Waals surface area contributed by atoms with Crippen LogP contribution < -0.4 is 15.1 Å².